The summed E-state index contributed by atoms with van der Waals surface area (Å²) in [6.45, 7) is 6.43. The quantitative estimate of drug-likeness (QED) is 0.0261. The van der Waals surface area contributed by atoms with Crippen LogP contribution in [0.4, 0.5) is 0 Å². The average Bonchev–Trinajstić information content (AvgIpc) is 3.41. The third-order valence-corrected chi connectivity index (χ3v) is 12.3. The zero-order valence-electron chi connectivity index (χ0n) is 48.3. The summed E-state index contributed by atoms with van der Waals surface area (Å²) in [7, 11) is 0. The first-order valence-corrected chi connectivity index (χ1v) is 30.3. The molecule has 422 valence electrons. The van der Waals surface area contributed by atoms with E-state index in [0.717, 1.165) is 77.0 Å². The Morgan fingerprint density at radius 1 is 0.267 bits per heavy atom. The van der Waals surface area contributed by atoms with Crippen molar-refractivity contribution >= 4 is 17.9 Å². The Morgan fingerprint density at radius 2 is 0.507 bits per heavy atom. The normalized spacial score (nSPS) is 13.2. The first kappa shape index (κ1) is 70.3. The van der Waals surface area contributed by atoms with E-state index in [9.17, 15) is 14.4 Å². The molecule has 0 saturated heterocycles. The van der Waals surface area contributed by atoms with E-state index in [1.165, 1.54) is 122 Å². The molecule has 0 aromatic heterocycles. The van der Waals surface area contributed by atoms with Crippen LogP contribution in [0.15, 0.2) is 146 Å². The van der Waals surface area contributed by atoms with Gasteiger partial charge in [-0.2, -0.15) is 0 Å². The van der Waals surface area contributed by atoms with Crippen molar-refractivity contribution in [3.8, 4) is 0 Å². The van der Waals surface area contributed by atoms with E-state index >= 15 is 0 Å². The molecule has 0 N–H and O–H groups in total. The summed E-state index contributed by atoms with van der Waals surface area (Å²) in [5.74, 6) is -1.12. The second-order valence-corrected chi connectivity index (χ2v) is 19.5. The number of hydrogen-bond donors (Lipinski definition) is 0. The van der Waals surface area contributed by atoms with Crippen LogP contribution in [0, 0.1) is 0 Å². The van der Waals surface area contributed by atoms with Crippen molar-refractivity contribution in [2.75, 3.05) is 13.2 Å². The number of unbranched alkanes of at least 4 members (excludes halogenated alkanes) is 18. The molecule has 6 heteroatoms. The molecule has 0 amide bonds. The van der Waals surface area contributed by atoms with Crippen LogP contribution in [0.3, 0.4) is 0 Å². The number of esters is 3. The minimum Gasteiger partial charge on any atom is -0.462 e. The van der Waals surface area contributed by atoms with Gasteiger partial charge in [0, 0.05) is 19.3 Å². The van der Waals surface area contributed by atoms with E-state index in [1.54, 1.807) is 0 Å². The van der Waals surface area contributed by atoms with Crippen LogP contribution in [-0.4, -0.2) is 37.2 Å². The molecule has 0 aromatic rings. The van der Waals surface area contributed by atoms with Crippen LogP contribution >= 0.6 is 0 Å². The topological polar surface area (TPSA) is 78.9 Å². The Bertz CT molecular complexity index is 1660. The van der Waals surface area contributed by atoms with Crippen LogP contribution in [0.1, 0.15) is 252 Å². The maximum absolute atomic E-state index is 12.9. The minimum atomic E-state index is -0.857. The summed E-state index contributed by atoms with van der Waals surface area (Å²) in [6.07, 6.45) is 88.6. The van der Waals surface area contributed by atoms with Crippen LogP contribution < -0.4 is 0 Å². The Kier molecular flexibility index (Phi) is 58.0. The molecule has 0 aliphatic heterocycles. The Labute approximate surface area is 461 Å². The fourth-order valence-corrected chi connectivity index (χ4v) is 7.73. The molecule has 0 unspecified atom stereocenters. The summed E-state index contributed by atoms with van der Waals surface area (Å²) in [4.78, 5) is 38.2. The first-order valence-electron chi connectivity index (χ1n) is 30.3. The number of hydrogen-bond acceptors (Lipinski definition) is 6. The number of ether oxygens (including phenoxy) is 3. The van der Waals surface area contributed by atoms with Crippen molar-refractivity contribution in [3.63, 3.8) is 0 Å². The van der Waals surface area contributed by atoms with Gasteiger partial charge in [-0.05, 0) is 128 Å². The Balaban J connectivity index is 4.63. The molecule has 0 bridgehead atoms. The van der Waals surface area contributed by atoms with Gasteiger partial charge in [0.05, 0.1) is 0 Å². The monoisotopic (exact) mass is 1030 g/mol. The summed E-state index contributed by atoms with van der Waals surface area (Å²) in [5.41, 5.74) is 0. The highest BCUT2D eigenvalue weighted by Gasteiger charge is 2.19. The lowest BCUT2D eigenvalue weighted by Gasteiger charge is -2.18. The molecule has 75 heavy (non-hydrogen) atoms. The molecule has 0 aliphatic rings. The van der Waals surface area contributed by atoms with Gasteiger partial charge in [-0.15, -0.1) is 0 Å². The molecule has 0 aromatic carbocycles. The highest BCUT2D eigenvalue weighted by molar-refractivity contribution is 5.71. The summed E-state index contributed by atoms with van der Waals surface area (Å²) in [6, 6.07) is 0. The van der Waals surface area contributed by atoms with E-state index in [2.05, 4.69) is 142 Å². The fourth-order valence-electron chi connectivity index (χ4n) is 7.73. The Hall–Kier alpha value is -4.71. The minimum absolute atomic E-state index is 0.138. The average molecular weight is 1040 g/mol. The van der Waals surface area contributed by atoms with E-state index in [4.69, 9.17) is 14.2 Å². The van der Waals surface area contributed by atoms with E-state index < -0.39 is 12.1 Å². The van der Waals surface area contributed by atoms with Crippen LogP contribution in [0.5, 0.6) is 0 Å². The number of allylic oxidation sites excluding steroid dienone is 24. The third-order valence-electron chi connectivity index (χ3n) is 12.3. The largest absolute Gasteiger partial charge is 0.462 e. The van der Waals surface area contributed by atoms with Gasteiger partial charge in [0.2, 0.25) is 0 Å². The van der Waals surface area contributed by atoms with Crippen molar-refractivity contribution < 1.29 is 28.6 Å². The second kappa shape index (κ2) is 61.8. The molecule has 6 nitrogen and oxygen atoms in total. The molecular weight excluding hydrogens is 925 g/mol. The molecule has 0 fully saturated rings. The fraction of sp³-hybridized carbons (Fsp3) is 0.609. The molecule has 0 saturated carbocycles. The zero-order valence-corrected chi connectivity index (χ0v) is 48.3. The van der Waals surface area contributed by atoms with Gasteiger partial charge in [-0.1, -0.05) is 250 Å². The van der Waals surface area contributed by atoms with Gasteiger partial charge in [0.15, 0.2) is 6.10 Å². The van der Waals surface area contributed by atoms with Crippen molar-refractivity contribution in [2.24, 2.45) is 0 Å². The highest BCUT2D eigenvalue weighted by atomic mass is 16.6. The SMILES string of the molecule is CCCCC/C=C\C/C=C\C/C=C\C/C=C\C/C=C\CCC(=O)OC[C@H](COC(=O)CCCCCCCCCCC/C=C\C/C=C\CCCCC)OC(=O)CC/C=C\C/C=C\C/C=C\C/C=C\C/C=C\CCCCC. The van der Waals surface area contributed by atoms with Gasteiger partial charge < -0.3 is 14.2 Å². The van der Waals surface area contributed by atoms with Gasteiger partial charge in [-0.25, -0.2) is 0 Å². The maximum Gasteiger partial charge on any atom is 0.306 e. The lowest BCUT2D eigenvalue weighted by atomic mass is 10.1. The van der Waals surface area contributed by atoms with Gasteiger partial charge in [0.1, 0.15) is 13.2 Å². The maximum atomic E-state index is 12.9. The van der Waals surface area contributed by atoms with Gasteiger partial charge in [0.25, 0.3) is 0 Å². The summed E-state index contributed by atoms with van der Waals surface area (Å²) >= 11 is 0. The third kappa shape index (κ3) is 60.0. The molecular formula is C69H110O6. The van der Waals surface area contributed by atoms with E-state index in [1.807, 2.05) is 24.3 Å². The molecule has 0 heterocycles. The van der Waals surface area contributed by atoms with Crippen molar-refractivity contribution in [1.82, 2.24) is 0 Å². The van der Waals surface area contributed by atoms with Crippen molar-refractivity contribution in [2.45, 2.75) is 258 Å². The number of rotatable bonds is 53. The molecule has 1 atom stereocenters. The molecule has 0 spiro atoms. The number of carbonyl (C=O) groups is 3. The van der Waals surface area contributed by atoms with E-state index in [0.29, 0.717) is 19.3 Å². The van der Waals surface area contributed by atoms with Crippen molar-refractivity contribution in [3.05, 3.63) is 146 Å². The smallest absolute Gasteiger partial charge is 0.306 e. The predicted molar refractivity (Wildman–Crippen MR) is 325 cm³/mol. The molecule has 0 radical (unpaired) electrons. The predicted octanol–water partition coefficient (Wildman–Crippen LogP) is 20.8. The van der Waals surface area contributed by atoms with Gasteiger partial charge >= 0.3 is 17.9 Å². The van der Waals surface area contributed by atoms with Gasteiger partial charge in [-0.3, -0.25) is 14.4 Å². The summed E-state index contributed by atoms with van der Waals surface area (Å²) in [5, 5.41) is 0. The zero-order chi connectivity index (χ0) is 54.3. The lowest BCUT2D eigenvalue weighted by molar-refractivity contribution is -0.166. The Morgan fingerprint density at radius 3 is 0.827 bits per heavy atom. The van der Waals surface area contributed by atoms with Crippen LogP contribution in [0.2, 0.25) is 0 Å². The molecule has 0 rings (SSSR count). The first-order chi connectivity index (χ1) is 37.0. The summed E-state index contributed by atoms with van der Waals surface area (Å²) < 4.78 is 16.7. The van der Waals surface area contributed by atoms with Crippen LogP contribution in [0.25, 0.3) is 0 Å². The standard InChI is InChI=1S/C69H110O6/c1-4-7-10-13-16-19-22-25-28-31-34-37-40-43-46-49-52-55-58-61-67(70)73-64-66(75-69(72)63-60-57-54-51-48-45-42-39-36-33-30-27-24-21-18-15-12-9-6-3)65-74-68(71)62-59-56-53-50-47-44-41-38-35-32-29-26-23-20-17-14-11-8-5-2/h16-21,25-30,34,36-37,39,43,45-46,48,52,54-55,57,66H,4-15,22-24,31-33,35,38,40-42,44,47,49-51,53,56,58-65H2,1-3H3/b19-16-,20-17-,21-18-,28-25-,29-26-,30-27-,37-34-,39-36-,46-43-,48-45-,55-52-,57-54-/t66-/m1/s1. The van der Waals surface area contributed by atoms with E-state index in [-0.39, 0.29) is 38.0 Å². The molecule has 0 aliphatic carbocycles. The second-order valence-electron chi connectivity index (χ2n) is 19.5. The highest BCUT2D eigenvalue weighted by Crippen LogP contribution is 2.13. The number of carbonyl (C=O) groups excluding carboxylic acids is 3. The lowest BCUT2D eigenvalue weighted by Crippen LogP contribution is -2.30. The van der Waals surface area contributed by atoms with Crippen LogP contribution in [-0.2, 0) is 28.6 Å². The van der Waals surface area contributed by atoms with Crippen molar-refractivity contribution in [1.29, 1.82) is 0 Å².